The van der Waals surface area contributed by atoms with Crippen LogP contribution in [0.3, 0.4) is 0 Å². The fraction of sp³-hybridized carbons (Fsp3) is 0.500. The van der Waals surface area contributed by atoms with Crippen LogP contribution in [0.25, 0.3) is 0 Å². The molecule has 1 saturated carbocycles. The SMILES string of the molecule is COc1cccc(C(=O)CC2(N)CCCC2)c1. The van der Waals surface area contributed by atoms with Gasteiger partial charge in [0.25, 0.3) is 0 Å². The van der Waals surface area contributed by atoms with Crippen molar-refractivity contribution in [3.8, 4) is 5.75 Å². The van der Waals surface area contributed by atoms with E-state index in [0.29, 0.717) is 17.7 Å². The van der Waals surface area contributed by atoms with Gasteiger partial charge in [0.05, 0.1) is 7.11 Å². The summed E-state index contributed by atoms with van der Waals surface area (Å²) in [7, 11) is 1.60. The summed E-state index contributed by atoms with van der Waals surface area (Å²) < 4.78 is 5.12. The first-order chi connectivity index (χ1) is 8.13. The second-order valence-electron chi connectivity index (χ2n) is 4.90. The predicted molar refractivity (Wildman–Crippen MR) is 67.3 cm³/mol. The van der Waals surface area contributed by atoms with Gasteiger partial charge in [-0.15, -0.1) is 0 Å². The Labute approximate surface area is 102 Å². The lowest BCUT2D eigenvalue weighted by atomic mass is 9.90. The van der Waals surface area contributed by atoms with Crippen LogP contribution in [0.1, 0.15) is 42.5 Å². The fourth-order valence-electron chi connectivity index (χ4n) is 2.47. The van der Waals surface area contributed by atoms with E-state index in [9.17, 15) is 4.79 Å². The molecule has 17 heavy (non-hydrogen) atoms. The lowest BCUT2D eigenvalue weighted by Gasteiger charge is -2.22. The van der Waals surface area contributed by atoms with E-state index in [2.05, 4.69) is 0 Å². The molecule has 0 aliphatic heterocycles. The number of nitrogens with two attached hydrogens (primary N) is 1. The summed E-state index contributed by atoms with van der Waals surface area (Å²) in [4.78, 5) is 12.1. The highest BCUT2D eigenvalue weighted by Crippen LogP contribution is 2.31. The first-order valence-electron chi connectivity index (χ1n) is 6.09. The van der Waals surface area contributed by atoms with Crippen molar-refractivity contribution in [1.29, 1.82) is 0 Å². The molecule has 3 heteroatoms. The second-order valence-corrected chi connectivity index (χ2v) is 4.90. The van der Waals surface area contributed by atoms with Crippen LogP contribution >= 0.6 is 0 Å². The average Bonchev–Trinajstić information content (AvgIpc) is 2.76. The van der Waals surface area contributed by atoms with E-state index in [4.69, 9.17) is 10.5 Å². The molecular weight excluding hydrogens is 214 g/mol. The van der Waals surface area contributed by atoms with Crippen molar-refractivity contribution in [3.05, 3.63) is 29.8 Å². The van der Waals surface area contributed by atoms with E-state index in [-0.39, 0.29) is 11.3 Å². The van der Waals surface area contributed by atoms with Crippen molar-refractivity contribution in [1.82, 2.24) is 0 Å². The summed E-state index contributed by atoms with van der Waals surface area (Å²) in [6, 6.07) is 7.28. The Hall–Kier alpha value is -1.35. The van der Waals surface area contributed by atoms with Crippen LogP contribution in [-0.2, 0) is 0 Å². The number of benzene rings is 1. The van der Waals surface area contributed by atoms with Crippen LogP contribution in [0.5, 0.6) is 5.75 Å². The Kier molecular flexibility index (Phi) is 3.48. The van der Waals surface area contributed by atoms with Crippen molar-refractivity contribution in [2.24, 2.45) is 5.73 Å². The standard InChI is InChI=1S/C14H19NO2/c1-17-12-6-4-5-11(9-12)13(16)10-14(15)7-2-3-8-14/h4-6,9H,2-3,7-8,10,15H2,1H3. The number of ether oxygens (including phenoxy) is 1. The van der Waals surface area contributed by atoms with E-state index in [1.54, 1.807) is 13.2 Å². The molecule has 0 radical (unpaired) electrons. The molecule has 0 heterocycles. The molecule has 0 bridgehead atoms. The zero-order valence-corrected chi connectivity index (χ0v) is 10.2. The molecule has 2 rings (SSSR count). The minimum atomic E-state index is -0.278. The van der Waals surface area contributed by atoms with Gasteiger partial charge in [0.1, 0.15) is 5.75 Å². The Balaban J connectivity index is 2.08. The van der Waals surface area contributed by atoms with Crippen molar-refractivity contribution in [3.63, 3.8) is 0 Å². The van der Waals surface area contributed by atoms with Crippen LogP contribution in [-0.4, -0.2) is 18.4 Å². The fourth-order valence-corrected chi connectivity index (χ4v) is 2.47. The van der Waals surface area contributed by atoms with Gasteiger partial charge in [-0.05, 0) is 25.0 Å². The molecule has 0 unspecified atom stereocenters. The molecule has 0 saturated heterocycles. The summed E-state index contributed by atoms with van der Waals surface area (Å²) in [5, 5.41) is 0. The van der Waals surface area contributed by atoms with E-state index in [1.165, 1.54) is 0 Å². The third-order valence-electron chi connectivity index (χ3n) is 3.50. The smallest absolute Gasteiger partial charge is 0.164 e. The number of hydrogen-bond acceptors (Lipinski definition) is 3. The Morgan fingerprint density at radius 1 is 1.41 bits per heavy atom. The third kappa shape index (κ3) is 2.86. The zero-order valence-electron chi connectivity index (χ0n) is 10.2. The van der Waals surface area contributed by atoms with Crippen molar-refractivity contribution < 1.29 is 9.53 Å². The first kappa shape index (κ1) is 12.1. The maximum Gasteiger partial charge on any atom is 0.164 e. The molecule has 2 N–H and O–H groups in total. The largest absolute Gasteiger partial charge is 0.497 e. The number of hydrogen-bond donors (Lipinski definition) is 1. The molecule has 92 valence electrons. The van der Waals surface area contributed by atoms with E-state index < -0.39 is 0 Å². The van der Waals surface area contributed by atoms with Crippen LogP contribution in [0.2, 0.25) is 0 Å². The summed E-state index contributed by atoms with van der Waals surface area (Å²) in [6.07, 6.45) is 4.65. The Morgan fingerprint density at radius 2 is 2.12 bits per heavy atom. The number of rotatable bonds is 4. The van der Waals surface area contributed by atoms with Gasteiger partial charge in [0.2, 0.25) is 0 Å². The number of Topliss-reactive ketones (excluding diaryl/α,β-unsaturated/α-hetero) is 1. The number of methoxy groups -OCH3 is 1. The van der Waals surface area contributed by atoms with Crippen LogP contribution in [0, 0.1) is 0 Å². The molecular formula is C14H19NO2. The molecule has 1 aliphatic rings. The minimum Gasteiger partial charge on any atom is -0.497 e. The molecule has 1 aliphatic carbocycles. The number of carbonyl (C=O) groups is 1. The van der Waals surface area contributed by atoms with Gasteiger partial charge in [-0.25, -0.2) is 0 Å². The molecule has 0 atom stereocenters. The van der Waals surface area contributed by atoms with Crippen LogP contribution in [0.4, 0.5) is 0 Å². The van der Waals surface area contributed by atoms with Gasteiger partial charge in [0, 0.05) is 17.5 Å². The minimum absolute atomic E-state index is 0.119. The lowest BCUT2D eigenvalue weighted by Crippen LogP contribution is -2.38. The quantitative estimate of drug-likeness (QED) is 0.813. The summed E-state index contributed by atoms with van der Waals surface area (Å²) >= 11 is 0. The zero-order chi connectivity index (χ0) is 12.3. The summed E-state index contributed by atoms with van der Waals surface area (Å²) in [6.45, 7) is 0. The van der Waals surface area contributed by atoms with Crippen LogP contribution < -0.4 is 10.5 Å². The second kappa shape index (κ2) is 4.88. The summed E-state index contributed by atoms with van der Waals surface area (Å²) in [5.41, 5.74) is 6.63. The average molecular weight is 233 g/mol. The van der Waals surface area contributed by atoms with Gasteiger partial charge < -0.3 is 10.5 Å². The Bertz CT molecular complexity index is 408. The van der Waals surface area contributed by atoms with Crippen LogP contribution in [0.15, 0.2) is 24.3 Å². The van der Waals surface area contributed by atoms with Gasteiger partial charge >= 0.3 is 0 Å². The first-order valence-corrected chi connectivity index (χ1v) is 6.09. The number of carbonyl (C=O) groups excluding carboxylic acids is 1. The highest BCUT2D eigenvalue weighted by molar-refractivity contribution is 5.97. The van der Waals surface area contributed by atoms with Crippen molar-refractivity contribution in [2.75, 3.05) is 7.11 Å². The molecule has 0 amide bonds. The molecule has 1 aromatic rings. The highest BCUT2D eigenvalue weighted by atomic mass is 16.5. The molecule has 1 aromatic carbocycles. The molecule has 3 nitrogen and oxygen atoms in total. The van der Waals surface area contributed by atoms with Gasteiger partial charge in [0.15, 0.2) is 5.78 Å². The number of ketones is 1. The maximum absolute atomic E-state index is 12.1. The van der Waals surface area contributed by atoms with E-state index >= 15 is 0 Å². The monoisotopic (exact) mass is 233 g/mol. The molecule has 0 spiro atoms. The highest BCUT2D eigenvalue weighted by Gasteiger charge is 2.31. The van der Waals surface area contributed by atoms with Crippen molar-refractivity contribution >= 4 is 5.78 Å². The van der Waals surface area contributed by atoms with E-state index in [1.807, 2.05) is 18.2 Å². The van der Waals surface area contributed by atoms with E-state index in [0.717, 1.165) is 25.7 Å². The maximum atomic E-state index is 12.1. The lowest BCUT2D eigenvalue weighted by molar-refractivity contribution is 0.0952. The van der Waals surface area contributed by atoms with Crippen molar-refractivity contribution in [2.45, 2.75) is 37.6 Å². The Morgan fingerprint density at radius 3 is 2.76 bits per heavy atom. The van der Waals surface area contributed by atoms with Gasteiger partial charge in [-0.2, -0.15) is 0 Å². The molecule has 1 fully saturated rings. The third-order valence-corrected chi connectivity index (χ3v) is 3.50. The normalized spacial score (nSPS) is 18.0. The van der Waals surface area contributed by atoms with Gasteiger partial charge in [-0.1, -0.05) is 25.0 Å². The topological polar surface area (TPSA) is 52.3 Å². The summed E-state index contributed by atoms with van der Waals surface area (Å²) in [5.74, 6) is 0.835. The molecule has 0 aromatic heterocycles. The predicted octanol–water partition coefficient (Wildman–Crippen LogP) is 2.54. The van der Waals surface area contributed by atoms with Gasteiger partial charge in [-0.3, -0.25) is 4.79 Å².